The van der Waals surface area contributed by atoms with Crippen LogP contribution in [0.25, 0.3) is 11.3 Å². The van der Waals surface area contributed by atoms with Crippen molar-refractivity contribution >= 4 is 16.0 Å². The average Bonchev–Trinajstić information content (AvgIpc) is 3.22. The summed E-state index contributed by atoms with van der Waals surface area (Å²) >= 11 is 0. The molecule has 1 heterocycles. The summed E-state index contributed by atoms with van der Waals surface area (Å²) in [4.78, 5) is 15.9. The van der Waals surface area contributed by atoms with Crippen LogP contribution < -0.4 is 0 Å². The summed E-state index contributed by atoms with van der Waals surface area (Å²) in [6, 6.07) is 12.4. The van der Waals surface area contributed by atoms with Gasteiger partial charge in [-0.1, -0.05) is 44.2 Å². The Bertz CT molecular complexity index is 1130. The van der Waals surface area contributed by atoms with Gasteiger partial charge in [0.15, 0.2) is 12.4 Å². The summed E-state index contributed by atoms with van der Waals surface area (Å²) in [6.45, 7) is 3.41. The highest BCUT2D eigenvalue weighted by molar-refractivity contribution is 7.89. The highest BCUT2D eigenvalue weighted by atomic mass is 32.2. The lowest BCUT2D eigenvalue weighted by atomic mass is 10.2. The monoisotopic (exact) mass is 432 g/mol. The molecular weight excluding hydrogens is 411 g/mol. The summed E-state index contributed by atoms with van der Waals surface area (Å²) in [5.41, 5.74) is 0.740. The lowest BCUT2D eigenvalue weighted by Crippen LogP contribution is -2.31. The summed E-state index contributed by atoms with van der Waals surface area (Å²) in [6.07, 6.45) is 1.52. The Morgan fingerprint density at radius 2 is 1.83 bits per heavy atom. The fourth-order valence-electron chi connectivity index (χ4n) is 2.85. The van der Waals surface area contributed by atoms with E-state index in [2.05, 4.69) is 4.98 Å². The zero-order valence-electron chi connectivity index (χ0n) is 16.5. The first-order chi connectivity index (χ1) is 14.4. The summed E-state index contributed by atoms with van der Waals surface area (Å²) in [5.74, 6) is -1.04. The second-order valence-electron chi connectivity index (χ2n) is 6.29. The Balaban J connectivity index is 1.74. The normalized spacial score (nSPS) is 11.6. The van der Waals surface area contributed by atoms with Gasteiger partial charge < -0.3 is 9.15 Å². The van der Waals surface area contributed by atoms with E-state index in [0.29, 0.717) is 5.76 Å². The second-order valence-corrected chi connectivity index (χ2v) is 8.20. The maximum absolute atomic E-state index is 14.2. The number of hydrogen-bond acceptors (Lipinski definition) is 6. The lowest BCUT2D eigenvalue weighted by molar-refractivity contribution is 0.0438. The molecule has 3 aromatic rings. The Morgan fingerprint density at radius 1 is 1.13 bits per heavy atom. The number of carbonyl (C=O) groups excluding carboxylic acids is 1. The van der Waals surface area contributed by atoms with E-state index in [0.717, 1.165) is 22.0 Å². The van der Waals surface area contributed by atoms with E-state index >= 15 is 0 Å². The van der Waals surface area contributed by atoms with Crippen LogP contribution in [0.3, 0.4) is 0 Å². The van der Waals surface area contributed by atoms with E-state index in [1.165, 1.54) is 12.3 Å². The molecule has 0 fully saturated rings. The summed E-state index contributed by atoms with van der Waals surface area (Å²) in [5, 5.41) is 0. The first-order valence-electron chi connectivity index (χ1n) is 9.33. The van der Waals surface area contributed by atoms with Gasteiger partial charge in [0.05, 0.1) is 11.8 Å². The molecule has 158 valence electrons. The molecule has 0 saturated heterocycles. The molecule has 7 nitrogen and oxygen atoms in total. The number of carbonyl (C=O) groups is 1. The smallest absolute Gasteiger partial charge is 0.338 e. The summed E-state index contributed by atoms with van der Waals surface area (Å²) < 4.78 is 51.3. The Hall–Kier alpha value is -3.04. The van der Waals surface area contributed by atoms with Crippen LogP contribution >= 0.6 is 0 Å². The van der Waals surface area contributed by atoms with Gasteiger partial charge in [0.2, 0.25) is 15.9 Å². The highest BCUT2D eigenvalue weighted by Crippen LogP contribution is 2.22. The Morgan fingerprint density at radius 3 is 2.50 bits per heavy atom. The predicted octanol–water partition coefficient (Wildman–Crippen LogP) is 3.87. The van der Waals surface area contributed by atoms with Gasteiger partial charge in [-0.25, -0.2) is 22.6 Å². The molecule has 0 saturated carbocycles. The third kappa shape index (κ3) is 4.58. The van der Waals surface area contributed by atoms with Gasteiger partial charge in [-0.05, 0) is 18.2 Å². The zero-order chi connectivity index (χ0) is 21.7. The van der Waals surface area contributed by atoms with Crippen LogP contribution in [0.15, 0.2) is 64.0 Å². The van der Waals surface area contributed by atoms with Crippen LogP contribution in [-0.2, 0) is 21.4 Å². The average molecular weight is 432 g/mol. The number of halogens is 1. The summed E-state index contributed by atoms with van der Waals surface area (Å²) in [7, 11) is -4.06. The molecule has 0 atom stereocenters. The number of oxazole rings is 1. The maximum atomic E-state index is 14.2. The first kappa shape index (κ1) is 21.7. The molecule has 0 aliphatic rings. The van der Waals surface area contributed by atoms with Crippen LogP contribution in [-0.4, -0.2) is 36.8 Å². The minimum atomic E-state index is -4.06. The van der Waals surface area contributed by atoms with Gasteiger partial charge in [-0.15, -0.1) is 0 Å². The van der Waals surface area contributed by atoms with Crippen LogP contribution in [0.2, 0.25) is 0 Å². The number of hydrogen-bond donors (Lipinski definition) is 0. The molecule has 0 spiro atoms. The van der Waals surface area contributed by atoms with Crippen molar-refractivity contribution in [2.24, 2.45) is 0 Å². The van der Waals surface area contributed by atoms with E-state index in [4.69, 9.17) is 9.15 Å². The van der Waals surface area contributed by atoms with E-state index in [1.807, 2.05) is 30.3 Å². The molecule has 3 rings (SSSR count). The third-order valence-electron chi connectivity index (χ3n) is 4.43. The molecule has 0 unspecified atom stereocenters. The van der Waals surface area contributed by atoms with Crippen LogP contribution in [0.5, 0.6) is 0 Å². The fraction of sp³-hybridized carbons (Fsp3) is 0.238. The quantitative estimate of drug-likeness (QED) is 0.502. The SMILES string of the molecule is CCN(CC)S(=O)(=O)c1cc(C(=O)OCc2ncc(-c3ccccc3)o2)ccc1F. The van der Waals surface area contributed by atoms with E-state index < -0.39 is 26.7 Å². The van der Waals surface area contributed by atoms with E-state index in [-0.39, 0.29) is 31.2 Å². The number of sulfonamides is 1. The second kappa shape index (κ2) is 9.19. The van der Waals surface area contributed by atoms with Crippen LogP contribution in [0, 0.1) is 5.82 Å². The number of esters is 1. The number of rotatable bonds is 8. The van der Waals surface area contributed by atoms with Crippen molar-refractivity contribution in [1.82, 2.24) is 9.29 Å². The van der Waals surface area contributed by atoms with E-state index in [1.54, 1.807) is 13.8 Å². The highest BCUT2D eigenvalue weighted by Gasteiger charge is 2.26. The zero-order valence-corrected chi connectivity index (χ0v) is 17.4. The maximum Gasteiger partial charge on any atom is 0.338 e. The van der Waals surface area contributed by atoms with Crippen LogP contribution in [0.1, 0.15) is 30.1 Å². The number of benzene rings is 2. The van der Waals surface area contributed by atoms with Gasteiger partial charge in [0, 0.05) is 18.7 Å². The standard InChI is InChI=1S/C21H21FN2O5S/c1-3-24(4-2)30(26,27)19-12-16(10-11-17(19)22)21(25)28-14-20-23-13-18(29-20)15-8-6-5-7-9-15/h5-13H,3-4,14H2,1-2H3. The molecule has 0 amide bonds. The molecule has 9 heteroatoms. The Kier molecular flexibility index (Phi) is 6.63. The molecule has 0 bridgehead atoms. The van der Waals surface area contributed by atoms with Crippen molar-refractivity contribution in [3.8, 4) is 11.3 Å². The minimum absolute atomic E-state index is 0.0861. The number of ether oxygens (including phenoxy) is 1. The van der Waals surface area contributed by atoms with Crippen molar-refractivity contribution in [1.29, 1.82) is 0 Å². The van der Waals surface area contributed by atoms with Gasteiger partial charge in [-0.2, -0.15) is 4.31 Å². The van der Waals surface area contributed by atoms with E-state index in [9.17, 15) is 17.6 Å². The molecular formula is C21H21FN2O5S. The third-order valence-corrected chi connectivity index (χ3v) is 6.49. The molecule has 2 aromatic carbocycles. The lowest BCUT2D eigenvalue weighted by Gasteiger charge is -2.19. The Labute approximate surface area is 174 Å². The van der Waals surface area contributed by atoms with Crippen LogP contribution in [0.4, 0.5) is 4.39 Å². The molecule has 0 radical (unpaired) electrons. The van der Waals surface area contributed by atoms with Crippen molar-refractivity contribution in [3.05, 3.63) is 72.0 Å². The van der Waals surface area contributed by atoms with Gasteiger partial charge in [-0.3, -0.25) is 0 Å². The molecule has 30 heavy (non-hydrogen) atoms. The molecule has 0 aliphatic heterocycles. The van der Waals surface area contributed by atoms with Gasteiger partial charge >= 0.3 is 5.97 Å². The number of aromatic nitrogens is 1. The first-order valence-corrected chi connectivity index (χ1v) is 10.8. The predicted molar refractivity (Wildman–Crippen MR) is 108 cm³/mol. The van der Waals surface area contributed by atoms with Crippen molar-refractivity contribution in [2.45, 2.75) is 25.3 Å². The minimum Gasteiger partial charge on any atom is -0.452 e. The molecule has 0 aliphatic carbocycles. The van der Waals surface area contributed by atoms with Gasteiger partial charge in [0.1, 0.15) is 10.7 Å². The molecule has 0 N–H and O–H groups in total. The van der Waals surface area contributed by atoms with Crippen molar-refractivity contribution in [3.63, 3.8) is 0 Å². The molecule has 1 aromatic heterocycles. The fourth-order valence-corrected chi connectivity index (χ4v) is 4.40. The topological polar surface area (TPSA) is 89.7 Å². The largest absolute Gasteiger partial charge is 0.452 e. The van der Waals surface area contributed by atoms with Gasteiger partial charge in [0.25, 0.3) is 0 Å². The van der Waals surface area contributed by atoms with Crippen molar-refractivity contribution in [2.75, 3.05) is 13.1 Å². The van der Waals surface area contributed by atoms with Crippen molar-refractivity contribution < 1.29 is 26.8 Å². The number of nitrogens with zero attached hydrogens (tertiary/aromatic N) is 2.